The molecule has 184 valence electrons. The number of amides is 1. The zero-order valence-corrected chi connectivity index (χ0v) is 20.5. The van der Waals surface area contributed by atoms with E-state index in [2.05, 4.69) is 10.5 Å². The Kier molecular flexibility index (Phi) is 8.45. The van der Waals surface area contributed by atoms with Crippen molar-refractivity contribution in [3.05, 3.63) is 83.4 Å². The highest BCUT2D eigenvalue weighted by atomic mass is 32.2. The van der Waals surface area contributed by atoms with E-state index in [1.54, 1.807) is 55.5 Å². The van der Waals surface area contributed by atoms with Crippen LogP contribution in [0.5, 0.6) is 17.2 Å². The van der Waals surface area contributed by atoms with E-state index in [0.29, 0.717) is 5.56 Å². The third-order valence-electron chi connectivity index (χ3n) is 5.07. The van der Waals surface area contributed by atoms with Crippen molar-refractivity contribution in [1.82, 2.24) is 9.73 Å². The fourth-order valence-corrected chi connectivity index (χ4v) is 4.91. The van der Waals surface area contributed by atoms with Gasteiger partial charge in [0, 0.05) is 6.54 Å². The number of hydrazone groups is 1. The number of rotatable bonds is 10. The van der Waals surface area contributed by atoms with Crippen molar-refractivity contribution >= 4 is 22.1 Å². The Hall–Kier alpha value is -3.89. The van der Waals surface area contributed by atoms with Crippen molar-refractivity contribution in [1.29, 1.82) is 0 Å². The van der Waals surface area contributed by atoms with Gasteiger partial charge in [0.1, 0.15) is 10.6 Å². The molecule has 0 saturated carbocycles. The molecule has 0 fully saturated rings. The lowest BCUT2D eigenvalue weighted by molar-refractivity contribution is -0.121. The lowest BCUT2D eigenvalue weighted by Crippen LogP contribution is -2.39. The van der Waals surface area contributed by atoms with Crippen LogP contribution in [0.2, 0.25) is 0 Å². The Morgan fingerprint density at radius 3 is 2.43 bits per heavy atom. The van der Waals surface area contributed by atoms with Gasteiger partial charge in [0.2, 0.25) is 10.0 Å². The standard InChI is InChI=1S/C25H27N3O6S/c1-18-9-12-22(33-2)24(13-18)35(31,32)28(16-19-7-5-4-6-8-19)17-25(30)27-26-15-20-10-11-21(29)23(14-20)34-3/h4-15,29H,16-17H2,1-3H3,(H,27,30). The zero-order valence-electron chi connectivity index (χ0n) is 19.6. The summed E-state index contributed by atoms with van der Waals surface area (Å²) in [6.45, 7) is 1.29. The molecule has 10 heteroatoms. The Morgan fingerprint density at radius 1 is 1.03 bits per heavy atom. The molecule has 0 heterocycles. The third kappa shape index (κ3) is 6.58. The first-order chi connectivity index (χ1) is 16.7. The fraction of sp³-hybridized carbons (Fsp3) is 0.200. The smallest absolute Gasteiger partial charge is 0.255 e. The Balaban J connectivity index is 1.83. The average molecular weight is 498 g/mol. The number of benzene rings is 3. The molecule has 9 nitrogen and oxygen atoms in total. The summed E-state index contributed by atoms with van der Waals surface area (Å²) < 4.78 is 38.6. The highest BCUT2D eigenvalue weighted by Crippen LogP contribution is 2.29. The fourth-order valence-electron chi connectivity index (χ4n) is 3.29. The van der Waals surface area contributed by atoms with Gasteiger partial charge in [0.05, 0.1) is 27.0 Å². The number of carbonyl (C=O) groups is 1. The Bertz CT molecular complexity index is 1310. The van der Waals surface area contributed by atoms with Crippen LogP contribution >= 0.6 is 0 Å². The van der Waals surface area contributed by atoms with Crippen molar-refractivity contribution in [3.63, 3.8) is 0 Å². The molecule has 0 aliphatic carbocycles. The summed E-state index contributed by atoms with van der Waals surface area (Å²) in [5, 5.41) is 13.6. The van der Waals surface area contributed by atoms with Crippen molar-refractivity contribution in [2.45, 2.75) is 18.4 Å². The summed E-state index contributed by atoms with van der Waals surface area (Å²) in [6.07, 6.45) is 1.36. The molecule has 35 heavy (non-hydrogen) atoms. The van der Waals surface area contributed by atoms with Gasteiger partial charge in [0.25, 0.3) is 5.91 Å². The molecule has 1 amide bonds. The first-order valence-corrected chi connectivity index (χ1v) is 12.1. The number of hydrogen-bond acceptors (Lipinski definition) is 7. The van der Waals surface area contributed by atoms with Gasteiger partial charge in [-0.1, -0.05) is 36.4 Å². The number of nitrogens with zero attached hydrogens (tertiary/aromatic N) is 2. The largest absolute Gasteiger partial charge is 0.504 e. The van der Waals surface area contributed by atoms with Gasteiger partial charge in [-0.2, -0.15) is 9.41 Å². The molecule has 0 aromatic heterocycles. The van der Waals surface area contributed by atoms with E-state index in [1.165, 1.54) is 32.6 Å². The number of sulfonamides is 1. The lowest BCUT2D eigenvalue weighted by atomic mass is 10.2. The van der Waals surface area contributed by atoms with Crippen LogP contribution in [0.3, 0.4) is 0 Å². The quantitative estimate of drug-likeness (QED) is 0.328. The van der Waals surface area contributed by atoms with E-state index in [1.807, 2.05) is 6.07 Å². The van der Waals surface area contributed by atoms with Crippen LogP contribution in [0.15, 0.2) is 76.7 Å². The normalized spacial score (nSPS) is 11.5. The Labute approximate surface area is 204 Å². The van der Waals surface area contributed by atoms with Gasteiger partial charge in [-0.25, -0.2) is 13.8 Å². The number of aryl methyl sites for hydroxylation is 1. The van der Waals surface area contributed by atoms with Crippen LogP contribution in [-0.2, 0) is 21.4 Å². The molecule has 0 spiro atoms. The van der Waals surface area contributed by atoms with Gasteiger partial charge in [-0.3, -0.25) is 4.79 Å². The van der Waals surface area contributed by atoms with Crippen LogP contribution in [-0.4, -0.2) is 50.7 Å². The molecule has 0 aliphatic heterocycles. The van der Waals surface area contributed by atoms with Crippen LogP contribution in [0, 0.1) is 6.92 Å². The molecule has 2 N–H and O–H groups in total. The number of carbonyl (C=O) groups excluding carboxylic acids is 1. The summed E-state index contributed by atoms with van der Waals surface area (Å²) in [4.78, 5) is 12.7. The van der Waals surface area contributed by atoms with E-state index in [0.717, 1.165) is 15.4 Å². The second-order valence-electron chi connectivity index (χ2n) is 7.64. The summed E-state index contributed by atoms with van der Waals surface area (Å²) in [6, 6.07) is 18.4. The lowest BCUT2D eigenvalue weighted by Gasteiger charge is -2.23. The molecular weight excluding hydrogens is 470 g/mol. The number of methoxy groups -OCH3 is 2. The molecule has 0 atom stereocenters. The summed E-state index contributed by atoms with van der Waals surface area (Å²) in [7, 11) is -1.29. The van der Waals surface area contributed by atoms with Crippen LogP contribution < -0.4 is 14.9 Å². The number of phenolic OH excluding ortho intramolecular Hbond substituents is 1. The highest BCUT2D eigenvalue weighted by molar-refractivity contribution is 7.89. The number of aromatic hydroxyl groups is 1. The molecule has 0 saturated heterocycles. The van der Waals surface area contributed by atoms with Gasteiger partial charge in [-0.05, 0) is 53.9 Å². The van der Waals surface area contributed by atoms with E-state index in [9.17, 15) is 18.3 Å². The minimum Gasteiger partial charge on any atom is -0.504 e. The molecule has 3 aromatic carbocycles. The molecule has 3 rings (SSSR count). The maximum absolute atomic E-state index is 13.6. The van der Waals surface area contributed by atoms with Gasteiger partial charge >= 0.3 is 0 Å². The van der Waals surface area contributed by atoms with E-state index in [-0.39, 0.29) is 28.7 Å². The number of ether oxygens (including phenoxy) is 2. The van der Waals surface area contributed by atoms with Crippen molar-refractivity contribution in [2.75, 3.05) is 20.8 Å². The summed E-state index contributed by atoms with van der Waals surface area (Å²) in [5.74, 6) is -0.207. The van der Waals surface area contributed by atoms with Crippen molar-refractivity contribution < 1.29 is 27.8 Å². The minimum absolute atomic E-state index is 0.0213. The van der Waals surface area contributed by atoms with E-state index in [4.69, 9.17) is 9.47 Å². The zero-order chi connectivity index (χ0) is 25.4. The molecule has 0 bridgehead atoms. The SMILES string of the molecule is COc1cc(C=NNC(=O)CN(Cc2ccccc2)S(=O)(=O)c2cc(C)ccc2OC)ccc1O. The predicted octanol–water partition coefficient (Wildman–Crippen LogP) is 3.06. The van der Waals surface area contributed by atoms with Gasteiger partial charge in [0.15, 0.2) is 11.5 Å². The number of phenols is 1. The highest BCUT2D eigenvalue weighted by Gasteiger charge is 2.30. The average Bonchev–Trinajstić information content (AvgIpc) is 2.85. The van der Waals surface area contributed by atoms with Gasteiger partial charge in [-0.15, -0.1) is 0 Å². The first kappa shape index (κ1) is 25.7. The molecule has 0 radical (unpaired) electrons. The maximum Gasteiger partial charge on any atom is 0.255 e. The second-order valence-corrected chi connectivity index (χ2v) is 9.54. The number of nitrogens with one attached hydrogen (secondary N) is 1. The summed E-state index contributed by atoms with van der Waals surface area (Å²) >= 11 is 0. The predicted molar refractivity (Wildman–Crippen MR) is 132 cm³/mol. The van der Waals surface area contributed by atoms with Crippen LogP contribution in [0.25, 0.3) is 0 Å². The second kappa shape index (κ2) is 11.5. The monoisotopic (exact) mass is 497 g/mol. The molecule has 0 unspecified atom stereocenters. The topological polar surface area (TPSA) is 118 Å². The minimum atomic E-state index is -4.10. The van der Waals surface area contributed by atoms with Crippen LogP contribution in [0.1, 0.15) is 16.7 Å². The number of hydrogen-bond donors (Lipinski definition) is 2. The Morgan fingerprint density at radius 2 is 1.74 bits per heavy atom. The molecule has 3 aromatic rings. The van der Waals surface area contributed by atoms with Crippen molar-refractivity contribution in [3.8, 4) is 17.2 Å². The first-order valence-electron chi connectivity index (χ1n) is 10.6. The van der Waals surface area contributed by atoms with Crippen LogP contribution in [0.4, 0.5) is 0 Å². The summed E-state index contributed by atoms with van der Waals surface area (Å²) in [5.41, 5.74) is 4.38. The van der Waals surface area contributed by atoms with Crippen molar-refractivity contribution in [2.24, 2.45) is 5.10 Å². The molecular formula is C25H27N3O6S. The van der Waals surface area contributed by atoms with E-state index < -0.39 is 22.5 Å². The third-order valence-corrected chi connectivity index (χ3v) is 6.88. The maximum atomic E-state index is 13.6. The van der Waals surface area contributed by atoms with Gasteiger partial charge < -0.3 is 14.6 Å². The molecule has 0 aliphatic rings. The van der Waals surface area contributed by atoms with E-state index >= 15 is 0 Å².